The van der Waals surface area contributed by atoms with Gasteiger partial charge in [0.2, 0.25) is 5.91 Å². The van der Waals surface area contributed by atoms with Crippen molar-refractivity contribution < 1.29 is 4.79 Å². The van der Waals surface area contributed by atoms with E-state index in [9.17, 15) is 4.79 Å². The molecular formula is C26H26ClN5OS. The van der Waals surface area contributed by atoms with Crippen LogP contribution in [0.25, 0.3) is 0 Å². The number of anilines is 1. The summed E-state index contributed by atoms with van der Waals surface area (Å²) in [7, 11) is 0. The average molecular weight is 492 g/mol. The molecule has 4 aromatic rings. The first-order chi connectivity index (χ1) is 16.7. The van der Waals surface area contributed by atoms with Crippen molar-refractivity contribution in [2.45, 2.75) is 31.2 Å². The maximum Gasteiger partial charge on any atom is 0.230 e. The Morgan fingerprint density at radius 2 is 1.62 bits per heavy atom. The number of hydrogen-bond acceptors (Lipinski definition) is 5. The summed E-state index contributed by atoms with van der Waals surface area (Å²) in [5, 5.41) is 16.5. The maximum atomic E-state index is 12.4. The predicted molar refractivity (Wildman–Crippen MR) is 138 cm³/mol. The predicted octanol–water partition coefficient (Wildman–Crippen LogP) is 5.19. The highest BCUT2D eigenvalue weighted by Gasteiger charge is 2.14. The number of nitrogens with zero attached hydrogens (tertiary/aromatic N) is 3. The van der Waals surface area contributed by atoms with Gasteiger partial charge in [0, 0.05) is 23.8 Å². The van der Waals surface area contributed by atoms with Crippen LogP contribution in [0.3, 0.4) is 0 Å². The number of aromatic nitrogens is 3. The molecule has 0 radical (unpaired) electrons. The topological polar surface area (TPSA) is 71.8 Å². The molecule has 174 valence electrons. The Bertz CT molecular complexity index is 1200. The van der Waals surface area contributed by atoms with E-state index in [1.165, 1.54) is 17.3 Å². The molecule has 0 spiro atoms. The molecule has 0 unspecified atom stereocenters. The van der Waals surface area contributed by atoms with Gasteiger partial charge in [0.1, 0.15) is 0 Å². The van der Waals surface area contributed by atoms with Crippen LogP contribution in [-0.4, -0.2) is 26.4 Å². The number of aryl methyl sites for hydroxylation is 1. The van der Waals surface area contributed by atoms with E-state index in [0.717, 1.165) is 35.2 Å². The SMILES string of the molecule is O=C(CSc1nnc(CNc2cccc(Cl)c2)n1CCc1ccccc1)NCc1ccccc1. The molecule has 8 heteroatoms. The Morgan fingerprint density at radius 3 is 2.35 bits per heavy atom. The summed E-state index contributed by atoms with van der Waals surface area (Å²) in [5.41, 5.74) is 3.22. The number of halogens is 1. The lowest BCUT2D eigenvalue weighted by Gasteiger charge is -2.12. The van der Waals surface area contributed by atoms with E-state index in [1.807, 2.05) is 72.8 Å². The van der Waals surface area contributed by atoms with Crippen molar-refractivity contribution >= 4 is 35.0 Å². The lowest BCUT2D eigenvalue weighted by atomic mass is 10.1. The third-order valence-corrected chi connectivity index (χ3v) is 6.40. The number of carbonyl (C=O) groups excluding carboxylic acids is 1. The quantitative estimate of drug-likeness (QED) is 0.282. The van der Waals surface area contributed by atoms with Crippen molar-refractivity contribution in [2.75, 3.05) is 11.1 Å². The number of thioether (sulfide) groups is 1. The van der Waals surface area contributed by atoms with E-state index >= 15 is 0 Å². The van der Waals surface area contributed by atoms with Gasteiger partial charge in [-0.25, -0.2) is 0 Å². The minimum Gasteiger partial charge on any atom is -0.378 e. The van der Waals surface area contributed by atoms with Gasteiger partial charge in [-0.05, 0) is 35.7 Å². The van der Waals surface area contributed by atoms with Crippen LogP contribution in [0.4, 0.5) is 5.69 Å². The van der Waals surface area contributed by atoms with Gasteiger partial charge in [-0.15, -0.1) is 10.2 Å². The Kier molecular flexibility index (Phi) is 8.60. The van der Waals surface area contributed by atoms with Crippen LogP contribution < -0.4 is 10.6 Å². The molecule has 1 amide bonds. The van der Waals surface area contributed by atoms with Gasteiger partial charge in [0.15, 0.2) is 11.0 Å². The smallest absolute Gasteiger partial charge is 0.230 e. The number of nitrogens with one attached hydrogen (secondary N) is 2. The van der Waals surface area contributed by atoms with Gasteiger partial charge >= 0.3 is 0 Å². The Morgan fingerprint density at radius 1 is 0.882 bits per heavy atom. The fraction of sp³-hybridized carbons (Fsp3) is 0.192. The number of amides is 1. The minimum absolute atomic E-state index is 0.0370. The van der Waals surface area contributed by atoms with Crippen molar-refractivity contribution in [1.29, 1.82) is 0 Å². The largest absolute Gasteiger partial charge is 0.378 e. The second kappa shape index (κ2) is 12.3. The average Bonchev–Trinajstić information content (AvgIpc) is 3.26. The first-order valence-corrected chi connectivity index (χ1v) is 12.4. The zero-order valence-electron chi connectivity index (χ0n) is 18.7. The first-order valence-electron chi connectivity index (χ1n) is 11.1. The lowest BCUT2D eigenvalue weighted by molar-refractivity contribution is -0.118. The summed E-state index contributed by atoms with van der Waals surface area (Å²) in [6, 6.07) is 27.8. The molecule has 0 saturated carbocycles. The van der Waals surface area contributed by atoms with Crippen molar-refractivity contribution in [3.63, 3.8) is 0 Å². The molecule has 1 aromatic heterocycles. The summed E-state index contributed by atoms with van der Waals surface area (Å²) < 4.78 is 2.08. The maximum absolute atomic E-state index is 12.4. The van der Waals surface area contributed by atoms with E-state index in [0.29, 0.717) is 18.1 Å². The van der Waals surface area contributed by atoms with Crippen molar-refractivity contribution in [2.24, 2.45) is 0 Å². The van der Waals surface area contributed by atoms with Gasteiger partial charge in [0.05, 0.1) is 12.3 Å². The van der Waals surface area contributed by atoms with Gasteiger partial charge in [0.25, 0.3) is 0 Å². The summed E-state index contributed by atoms with van der Waals surface area (Å²) in [6.45, 7) is 1.73. The van der Waals surface area contributed by atoms with E-state index in [2.05, 4.69) is 37.5 Å². The fourth-order valence-electron chi connectivity index (χ4n) is 3.42. The zero-order chi connectivity index (χ0) is 23.6. The molecule has 0 bridgehead atoms. The third kappa shape index (κ3) is 7.10. The van der Waals surface area contributed by atoms with Gasteiger partial charge < -0.3 is 15.2 Å². The molecule has 34 heavy (non-hydrogen) atoms. The highest BCUT2D eigenvalue weighted by Crippen LogP contribution is 2.20. The molecule has 0 aliphatic rings. The Balaban J connectivity index is 1.40. The summed E-state index contributed by atoms with van der Waals surface area (Å²) >= 11 is 7.50. The molecule has 0 atom stereocenters. The fourth-order valence-corrected chi connectivity index (χ4v) is 4.43. The number of carbonyl (C=O) groups is 1. The summed E-state index contributed by atoms with van der Waals surface area (Å²) in [5.74, 6) is 1.05. The van der Waals surface area contributed by atoms with E-state index in [1.54, 1.807) is 0 Å². The van der Waals surface area contributed by atoms with Crippen LogP contribution in [0.2, 0.25) is 5.02 Å². The van der Waals surface area contributed by atoms with Crippen molar-refractivity contribution in [3.05, 3.63) is 107 Å². The molecule has 1 heterocycles. The standard InChI is InChI=1S/C26H26ClN5OS/c27-22-12-7-13-23(16-22)28-18-24-30-31-26(32(24)15-14-20-8-3-1-4-9-20)34-19-25(33)29-17-21-10-5-2-6-11-21/h1-13,16,28H,14-15,17-19H2,(H,29,33). The van der Waals surface area contributed by atoms with Crippen LogP contribution in [0.15, 0.2) is 90.1 Å². The number of rotatable bonds is 11. The monoisotopic (exact) mass is 491 g/mol. The molecule has 0 saturated heterocycles. The molecule has 2 N–H and O–H groups in total. The highest BCUT2D eigenvalue weighted by atomic mass is 35.5. The third-order valence-electron chi connectivity index (χ3n) is 5.20. The van der Waals surface area contributed by atoms with E-state index in [-0.39, 0.29) is 11.7 Å². The highest BCUT2D eigenvalue weighted by molar-refractivity contribution is 7.99. The molecule has 3 aromatic carbocycles. The summed E-state index contributed by atoms with van der Waals surface area (Å²) in [4.78, 5) is 12.4. The normalized spacial score (nSPS) is 10.7. The van der Waals surface area contributed by atoms with Gasteiger partial charge in [-0.3, -0.25) is 4.79 Å². The molecule has 0 aliphatic carbocycles. The van der Waals surface area contributed by atoms with Crippen LogP contribution in [0, 0.1) is 0 Å². The van der Waals surface area contributed by atoms with E-state index in [4.69, 9.17) is 11.6 Å². The second-order valence-corrected chi connectivity index (χ2v) is 9.08. The Hall–Kier alpha value is -3.29. The van der Waals surface area contributed by atoms with Crippen LogP contribution in [0.5, 0.6) is 0 Å². The van der Waals surface area contributed by atoms with Crippen LogP contribution in [-0.2, 0) is 30.8 Å². The molecule has 6 nitrogen and oxygen atoms in total. The van der Waals surface area contributed by atoms with Crippen molar-refractivity contribution in [3.8, 4) is 0 Å². The van der Waals surface area contributed by atoms with E-state index < -0.39 is 0 Å². The molecule has 4 rings (SSSR count). The first kappa shape index (κ1) is 23.9. The Labute approximate surface area is 208 Å². The van der Waals surface area contributed by atoms with Gasteiger partial charge in [-0.1, -0.05) is 90.1 Å². The lowest BCUT2D eigenvalue weighted by Crippen LogP contribution is -2.24. The second-order valence-electron chi connectivity index (χ2n) is 7.70. The molecular weight excluding hydrogens is 466 g/mol. The summed E-state index contributed by atoms with van der Waals surface area (Å²) in [6.07, 6.45) is 0.844. The minimum atomic E-state index is -0.0370. The van der Waals surface area contributed by atoms with Gasteiger partial charge in [-0.2, -0.15) is 0 Å². The molecule has 0 aliphatic heterocycles. The van der Waals surface area contributed by atoms with Crippen molar-refractivity contribution in [1.82, 2.24) is 20.1 Å². The zero-order valence-corrected chi connectivity index (χ0v) is 20.2. The molecule has 0 fully saturated rings. The number of hydrogen-bond donors (Lipinski definition) is 2. The van der Waals surface area contributed by atoms with Crippen LogP contribution in [0.1, 0.15) is 17.0 Å². The van der Waals surface area contributed by atoms with Crippen LogP contribution >= 0.6 is 23.4 Å². The number of benzene rings is 3.